The van der Waals surface area contributed by atoms with E-state index in [0.29, 0.717) is 15.1 Å². The summed E-state index contributed by atoms with van der Waals surface area (Å²) in [5, 5.41) is 20.9. The van der Waals surface area contributed by atoms with Gasteiger partial charge < -0.3 is 18.9 Å². The van der Waals surface area contributed by atoms with Crippen LogP contribution >= 0.6 is 34.8 Å². The molecule has 48 heavy (non-hydrogen) atoms. The summed E-state index contributed by atoms with van der Waals surface area (Å²) < 4.78 is 24.8. The number of ether oxygens (including phenoxy) is 4. The highest BCUT2D eigenvalue weighted by Gasteiger charge is 2.52. The number of halogens is 3. The molecule has 2 heterocycles. The number of non-ortho nitro benzene ring substituents is 1. The van der Waals surface area contributed by atoms with Crippen LogP contribution in [0.4, 0.5) is 5.69 Å². The van der Waals surface area contributed by atoms with Gasteiger partial charge in [-0.15, -0.1) is 5.10 Å². The third-order valence-corrected chi connectivity index (χ3v) is 8.07. The van der Waals surface area contributed by atoms with E-state index < -0.39 is 54.0 Å². The van der Waals surface area contributed by atoms with Crippen molar-refractivity contribution < 1.29 is 38.3 Å². The number of aromatic nitrogens is 3. The van der Waals surface area contributed by atoms with Crippen molar-refractivity contribution in [3.8, 4) is 0 Å². The molecular formula is C32H21Cl3N4O9. The lowest BCUT2D eigenvalue weighted by molar-refractivity contribution is -0.383. The number of nitrogens with zero attached hydrogens (tertiary/aromatic N) is 4. The van der Waals surface area contributed by atoms with Crippen LogP contribution in [-0.4, -0.2) is 62.7 Å². The van der Waals surface area contributed by atoms with Gasteiger partial charge in [0.1, 0.15) is 12.7 Å². The highest BCUT2D eigenvalue weighted by molar-refractivity contribution is 6.31. The van der Waals surface area contributed by atoms with E-state index in [1.807, 2.05) is 0 Å². The first-order valence-electron chi connectivity index (χ1n) is 14.1. The number of rotatable bonds is 9. The van der Waals surface area contributed by atoms with Gasteiger partial charge in [0.05, 0.1) is 27.1 Å². The molecule has 0 aliphatic carbocycles. The zero-order chi connectivity index (χ0) is 33.9. The average molecular weight is 712 g/mol. The van der Waals surface area contributed by atoms with Gasteiger partial charge in [-0.2, -0.15) is 0 Å². The number of carbonyl (C=O) groups is 3. The molecule has 1 aliphatic rings. The summed E-state index contributed by atoms with van der Waals surface area (Å²) in [6, 6.07) is 21.8. The van der Waals surface area contributed by atoms with Gasteiger partial charge in [0.2, 0.25) is 0 Å². The third kappa shape index (κ3) is 6.94. The van der Waals surface area contributed by atoms with Crippen LogP contribution in [0.25, 0.3) is 11.0 Å². The van der Waals surface area contributed by atoms with Crippen LogP contribution in [0.2, 0.25) is 15.1 Å². The Kier molecular flexibility index (Phi) is 9.55. The van der Waals surface area contributed by atoms with E-state index >= 15 is 0 Å². The molecule has 4 aromatic carbocycles. The van der Waals surface area contributed by atoms with Crippen molar-refractivity contribution in [2.45, 2.75) is 24.5 Å². The molecule has 1 aromatic heterocycles. The van der Waals surface area contributed by atoms with Gasteiger partial charge in [0, 0.05) is 21.1 Å². The molecule has 0 radical (unpaired) electrons. The number of esters is 3. The monoisotopic (exact) mass is 710 g/mol. The molecule has 0 bridgehead atoms. The van der Waals surface area contributed by atoms with Gasteiger partial charge in [0.15, 0.2) is 24.0 Å². The van der Waals surface area contributed by atoms with Crippen molar-refractivity contribution >= 4 is 69.4 Å². The van der Waals surface area contributed by atoms with Crippen LogP contribution in [-0.2, 0) is 18.9 Å². The molecule has 6 rings (SSSR count). The number of benzene rings is 4. The third-order valence-electron chi connectivity index (χ3n) is 7.31. The molecule has 1 fully saturated rings. The van der Waals surface area contributed by atoms with E-state index in [9.17, 15) is 24.5 Å². The van der Waals surface area contributed by atoms with Crippen molar-refractivity contribution in [2.24, 2.45) is 0 Å². The van der Waals surface area contributed by atoms with Gasteiger partial charge in [0.25, 0.3) is 5.69 Å². The minimum atomic E-state index is -1.44. The topological polar surface area (TPSA) is 162 Å². The summed E-state index contributed by atoms with van der Waals surface area (Å²) in [5.74, 6) is -2.41. The molecule has 1 aliphatic heterocycles. The molecule has 13 nitrogen and oxygen atoms in total. The lowest BCUT2D eigenvalue weighted by Crippen LogP contribution is -2.41. The number of nitro benzene ring substituents is 1. The zero-order valence-electron chi connectivity index (χ0n) is 24.3. The highest BCUT2D eigenvalue weighted by atomic mass is 35.5. The second-order valence-corrected chi connectivity index (χ2v) is 11.7. The molecule has 0 amide bonds. The summed E-state index contributed by atoms with van der Waals surface area (Å²) in [6.45, 7) is -0.474. The van der Waals surface area contributed by atoms with Crippen molar-refractivity contribution in [1.82, 2.24) is 15.0 Å². The number of fused-ring (bicyclic) bond motifs is 1. The molecular weight excluding hydrogens is 691 g/mol. The van der Waals surface area contributed by atoms with Crippen LogP contribution in [0.5, 0.6) is 0 Å². The Bertz CT molecular complexity index is 2000. The fourth-order valence-corrected chi connectivity index (χ4v) is 5.35. The largest absolute Gasteiger partial charge is 0.459 e. The van der Waals surface area contributed by atoms with E-state index in [2.05, 4.69) is 10.3 Å². The first kappa shape index (κ1) is 32.8. The SMILES string of the molecule is O=C(OC[C@H]1O[C@@H](n2nnc3c([N+](=O)[O-])cccc32)[C@H](OC(=O)c2ccc(Cl)cc2)[C@@H]1OC(=O)c1ccc(Cl)cc1)c1ccc(Cl)cc1. The fraction of sp³-hybridized carbons (Fsp3) is 0.156. The van der Waals surface area contributed by atoms with Gasteiger partial charge in [-0.1, -0.05) is 46.1 Å². The van der Waals surface area contributed by atoms with E-state index in [4.69, 9.17) is 53.8 Å². The minimum Gasteiger partial charge on any atom is -0.459 e. The number of carbonyl (C=O) groups excluding carboxylic acids is 3. The summed E-state index contributed by atoms with van der Waals surface area (Å²) in [7, 11) is 0. The Balaban J connectivity index is 1.39. The maximum Gasteiger partial charge on any atom is 0.338 e. The summed E-state index contributed by atoms with van der Waals surface area (Å²) in [4.78, 5) is 50.9. The highest BCUT2D eigenvalue weighted by Crippen LogP contribution is 2.37. The van der Waals surface area contributed by atoms with Crippen molar-refractivity contribution in [3.63, 3.8) is 0 Å². The van der Waals surface area contributed by atoms with E-state index in [1.165, 1.54) is 95.7 Å². The number of nitro groups is 1. The molecule has 0 unspecified atom stereocenters. The maximum absolute atomic E-state index is 13.5. The molecule has 4 atom stereocenters. The van der Waals surface area contributed by atoms with Gasteiger partial charge in [-0.3, -0.25) is 10.1 Å². The van der Waals surface area contributed by atoms with Gasteiger partial charge in [-0.25, -0.2) is 19.1 Å². The zero-order valence-corrected chi connectivity index (χ0v) is 26.5. The van der Waals surface area contributed by atoms with E-state index in [-0.39, 0.29) is 33.4 Å². The standard InChI is InChI=1S/C32H21Cl3N4O9/c33-20-10-4-17(5-11-20)30(40)45-16-25-27(47-31(41)18-6-12-21(34)13-7-18)28(48-32(42)19-8-14-22(35)15-9-19)29(46-25)38-23-2-1-3-24(39(43)44)26(23)36-37-38/h1-15,25,27-29H,16H2/t25-,27-,28-,29-/m1/s1. The summed E-state index contributed by atoms with van der Waals surface area (Å²) in [6.07, 6.45) is -5.43. The minimum absolute atomic E-state index is 0.0683. The lowest BCUT2D eigenvalue weighted by Gasteiger charge is -2.24. The summed E-state index contributed by atoms with van der Waals surface area (Å²) in [5.41, 5.74) is 0.168. The Morgan fingerprint density at radius 1 is 0.750 bits per heavy atom. The summed E-state index contributed by atoms with van der Waals surface area (Å²) >= 11 is 17.9. The Labute approximate surface area is 285 Å². The molecule has 0 saturated carbocycles. The van der Waals surface area contributed by atoms with Gasteiger partial charge >= 0.3 is 17.9 Å². The maximum atomic E-state index is 13.5. The van der Waals surface area contributed by atoms with Crippen molar-refractivity contribution in [3.05, 3.63) is 133 Å². The average Bonchev–Trinajstić information content (AvgIpc) is 3.65. The molecule has 16 heteroatoms. The lowest BCUT2D eigenvalue weighted by atomic mass is 10.1. The second-order valence-electron chi connectivity index (χ2n) is 10.4. The predicted octanol–water partition coefficient (Wildman–Crippen LogP) is 6.51. The van der Waals surface area contributed by atoms with Crippen LogP contribution in [0.3, 0.4) is 0 Å². The van der Waals surface area contributed by atoms with Crippen LogP contribution < -0.4 is 0 Å². The Morgan fingerprint density at radius 2 is 1.25 bits per heavy atom. The Hall–Kier alpha value is -5.08. The van der Waals surface area contributed by atoms with Crippen molar-refractivity contribution in [1.29, 1.82) is 0 Å². The van der Waals surface area contributed by atoms with Crippen LogP contribution in [0.15, 0.2) is 91.0 Å². The molecule has 1 saturated heterocycles. The number of hydrogen-bond donors (Lipinski definition) is 0. The normalized spacial score (nSPS) is 18.7. The van der Waals surface area contributed by atoms with Crippen LogP contribution in [0.1, 0.15) is 37.3 Å². The molecule has 0 N–H and O–H groups in total. The molecule has 244 valence electrons. The first-order valence-corrected chi connectivity index (χ1v) is 15.2. The van der Waals surface area contributed by atoms with Crippen molar-refractivity contribution in [2.75, 3.05) is 6.61 Å². The molecule has 0 spiro atoms. The smallest absolute Gasteiger partial charge is 0.338 e. The Morgan fingerprint density at radius 3 is 1.77 bits per heavy atom. The van der Waals surface area contributed by atoms with E-state index in [0.717, 1.165) is 0 Å². The van der Waals surface area contributed by atoms with E-state index in [1.54, 1.807) is 0 Å². The molecule has 5 aromatic rings. The van der Waals surface area contributed by atoms with Crippen LogP contribution in [0, 0.1) is 10.1 Å². The quantitative estimate of drug-likeness (QED) is 0.0710. The van der Waals surface area contributed by atoms with Gasteiger partial charge in [-0.05, 0) is 78.9 Å². The predicted molar refractivity (Wildman–Crippen MR) is 171 cm³/mol. The number of hydrogen-bond acceptors (Lipinski definition) is 11. The second kappa shape index (κ2) is 14.0. The first-order chi connectivity index (χ1) is 23.1. The fourth-order valence-electron chi connectivity index (χ4n) is 4.97.